The summed E-state index contributed by atoms with van der Waals surface area (Å²) >= 11 is 0. The molecule has 18 heavy (non-hydrogen) atoms. The second kappa shape index (κ2) is 7.97. The molecule has 0 aromatic heterocycles. The summed E-state index contributed by atoms with van der Waals surface area (Å²) in [6.45, 7) is 2.62. The number of rotatable bonds is 5. The van der Waals surface area contributed by atoms with E-state index >= 15 is 0 Å². The van der Waals surface area contributed by atoms with Gasteiger partial charge in [-0.2, -0.15) is 0 Å². The molecule has 2 aliphatic rings. The smallest absolute Gasteiger partial charge is 0.222 e. The van der Waals surface area contributed by atoms with E-state index in [9.17, 15) is 4.79 Å². The Kier molecular flexibility index (Phi) is 6.97. The Balaban J connectivity index is 0.00000162. The molecule has 0 aliphatic carbocycles. The molecule has 0 saturated carbocycles. The van der Waals surface area contributed by atoms with Gasteiger partial charge in [-0.15, -0.1) is 12.4 Å². The summed E-state index contributed by atoms with van der Waals surface area (Å²) in [5, 5.41) is 3.60. The van der Waals surface area contributed by atoms with E-state index in [1.165, 1.54) is 12.8 Å². The van der Waals surface area contributed by atoms with Gasteiger partial charge in [-0.1, -0.05) is 0 Å². The van der Waals surface area contributed by atoms with Crippen molar-refractivity contribution in [3.05, 3.63) is 0 Å². The highest BCUT2D eigenvalue weighted by molar-refractivity contribution is 5.85. The Morgan fingerprint density at radius 2 is 2.06 bits per heavy atom. The number of nitrogens with one attached hydrogen (secondary N) is 1. The lowest BCUT2D eigenvalue weighted by atomic mass is 10.1. The first-order valence-electron chi connectivity index (χ1n) is 6.82. The zero-order valence-corrected chi connectivity index (χ0v) is 12.0. The second-order valence-electron chi connectivity index (χ2n) is 5.22. The van der Waals surface area contributed by atoms with E-state index < -0.39 is 0 Å². The number of carbonyl (C=O) groups excluding carboxylic acids is 1. The van der Waals surface area contributed by atoms with E-state index in [0.717, 1.165) is 39.0 Å². The van der Waals surface area contributed by atoms with Crippen molar-refractivity contribution >= 4 is 18.3 Å². The Morgan fingerprint density at radius 3 is 2.83 bits per heavy atom. The number of hydrogen-bond donors (Lipinski definition) is 1. The highest BCUT2D eigenvalue weighted by atomic mass is 35.5. The van der Waals surface area contributed by atoms with Gasteiger partial charge in [0.2, 0.25) is 5.91 Å². The molecule has 2 heterocycles. The van der Waals surface area contributed by atoms with Crippen LogP contribution in [-0.4, -0.2) is 49.7 Å². The van der Waals surface area contributed by atoms with Crippen molar-refractivity contribution in [3.8, 4) is 0 Å². The monoisotopic (exact) mass is 276 g/mol. The zero-order valence-electron chi connectivity index (χ0n) is 11.2. The number of fused-ring (bicyclic) bond motifs is 2. The number of nitrogens with zero attached hydrogens (tertiary/aromatic N) is 1. The molecule has 0 aromatic rings. The van der Waals surface area contributed by atoms with Crippen LogP contribution < -0.4 is 5.32 Å². The van der Waals surface area contributed by atoms with E-state index in [2.05, 4.69) is 10.2 Å². The van der Waals surface area contributed by atoms with Crippen LogP contribution in [0.1, 0.15) is 38.5 Å². The molecular formula is C13H25ClN2O2. The standard InChI is InChI=1S/C13H24N2O2.ClH/c1-17-9-3-2-4-13(16)15-8-7-11-5-6-12(10-15)14-11;/h11-12,14H,2-10H2,1H3;1H. The number of methoxy groups -OCH3 is 1. The van der Waals surface area contributed by atoms with Gasteiger partial charge in [0.1, 0.15) is 0 Å². The summed E-state index contributed by atoms with van der Waals surface area (Å²) in [5.74, 6) is 0.329. The molecule has 5 heteroatoms. The number of likely N-dealkylation sites (tertiary alicyclic amines) is 1. The van der Waals surface area contributed by atoms with Gasteiger partial charge in [0.05, 0.1) is 0 Å². The van der Waals surface area contributed by atoms with Crippen molar-refractivity contribution in [2.75, 3.05) is 26.8 Å². The lowest BCUT2D eigenvalue weighted by molar-refractivity contribution is -0.131. The molecule has 4 nitrogen and oxygen atoms in total. The fraction of sp³-hybridized carbons (Fsp3) is 0.923. The molecule has 2 rings (SSSR count). The SMILES string of the molecule is COCCCCC(=O)N1CCC2CCC(C1)N2.Cl. The molecule has 0 radical (unpaired) electrons. The van der Waals surface area contributed by atoms with Crippen LogP contribution in [0, 0.1) is 0 Å². The van der Waals surface area contributed by atoms with Gasteiger partial charge in [0, 0.05) is 45.3 Å². The average Bonchev–Trinajstić information content (AvgIpc) is 2.64. The number of carbonyl (C=O) groups is 1. The minimum absolute atomic E-state index is 0. The first-order valence-corrected chi connectivity index (χ1v) is 6.82. The quantitative estimate of drug-likeness (QED) is 0.775. The topological polar surface area (TPSA) is 41.6 Å². The number of unbranched alkanes of at least 4 members (excludes halogenated alkanes) is 1. The predicted molar refractivity (Wildman–Crippen MR) is 74.1 cm³/mol. The molecule has 1 N–H and O–H groups in total. The largest absolute Gasteiger partial charge is 0.385 e. The fourth-order valence-corrected chi connectivity index (χ4v) is 2.85. The summed E-state index contributed by atoms with van der Waals surface area (Å²) in [7, 11) is 1.71. The molecular weight excluding hydrogens is 252 g/mol. The summed E-state index contributed by atoms with van der Waals surface area (Å²) in [6, 6.07) is 1.21. The second-order valence-corrected chi connectivity index (χ2v) is 5.22. The lowest BCUT2D eigenvalue weighted by Crippen LogP contribution is -2.38. The number of hydrogen-bond acceptors (Lipinski definition) is 3. The molecule has 2 aliphatic heterocycles. The van der Waals surface area contributed by atoms with Crippen LogP contribution in [0.5, 0.6) is 0 Å². The molecule has 2 saturated heterocycles. The number of halogens is 1. The normalized spacial score (nSPS) is 26.6. The third-order valence-electron chi connectivity index (χ3n) is 3.87. The summed E-state index contributed by atoms with van der Waals surface area (Å²) in [6.07, 6.45) is 6.27. The van der Waals surface area contributed by atoms with Crippen molar-refractivity contribution in [3.63, 3.8) is 0 Å². The Hall–Kier alpha value is -0.320. The van der Waals surface area contributed by atoms with Gasteiger partial charge in [-0.05, 0) is 32.1 Å². The molecule has 2 atom stereocenters. The van der Waals surface area contributed by atoms with Crippen molar-refractivity contribution in [2.24, 2.45) is 0 Å². The molecule has 1 amide bonds. The van der Waals surface area contributed by atoms with Gasteiger partial charge >= 0.3 is 0 Å². The van der Waals surface area contributed by atoms with Crippen LogP contribution in [0.3, 0.4) is 0 Å². The summed E-state index contributed by atoms with van der Waals surface area (Å²) in [4.78, 5) is 14.1. The maximum Gasteiger partial charge on any atom is 0.222 e. The van der Waals surface area contributed by atoms with Gasteiger partial charge in [0.25, 0.3) is 0 Å². The van der Waals surface area contributed by atoms with E-state index in [4.69, 9.17) is 4.74 Å². The fourth-order valence-electron chi connectivity index (χ4n) is 2.85. The van der Waals surface area contributed by atoms with Gasteiger partial charge < -0.3 is 15.0 Å². The summed E-state index contributed by atoms with van der Waals surface area (Å²) in [5.41, 5.74) is 0. The van der Waals surface area contributed by atoms with E-state index in [0.29, 0.717) is 24.4 Å². The van der Waals surface area contributed by atoms with E-state index in [1.807, 2.05) is 0 Å². The number of amides is 1. The van der Waals surface area contributed by atoms with Crippen molar-refractivity contribution in [1.82, 2.24) is 10.2 Å². The Morgan fingerprint density at radius 1 is 1.28 bits per heavy atom. The highest BCUT2D eigenvalue weighted by Gasteiger charge is 2.30. The number of ether oxygens (including phenoxy) is 1. The Bertz CT molecular complexity index is 263. The minimum Gasteiger partial charge on any atom is -0.385 e. The molecule has 106 valence electrons. The molecule has 2 fully saturated rings. The summed E-state index contributed by atoms with van der Waals surface area (Å²) < 4.78 is 4.99. The average molecular weight is 277 g/mol. The van der Waals surface area contributed by atoms with Crippen LogP contribution in [0.25, 0.3) is 0 Å². The van der Waals surface area contributed by atoms with Gasteiger partial charge in [0.15, 0.2) is 0 Å². The van der Waals surface area contributed by atoms with Crippen LogP contribution in [0.2, 0.25) is 0 Å². The minimum atomic E-state index is 0. The van der Waals surface area contributed by atoms with Crippen molar-refractivity contribution in [2.45, 2.75) is 50.6 Å². The van der Waals surface area contributed by atoms with Crippen LogP contribution in [0.15, 0.2) is 0 Å². The first kappa shape index (κ1) is 15.7. The highest BCUT2D eigenvalue weighted by Crippen LogP contribution is 2.20. The van der Waals surface area contributed by atoms with Crippen molar-refractivity contribution in [1.29, 1.82) is 0 Å². The maximum atomic E-state index is 12.0. The third kappa shape index (κ3) is 4.41. The third-order valence-corrected chi connectivity index (χ3v) is 3.87. The Labute approximate surface area is 116 Å². The maximum absolute atomic E-state index is 12.0. The van der Waals surface area contributed by atoms with E-state index in [-0.39, 0.29) is 12.4 Å². The predicted octanol–water partition coefficient (Wildman–Crippen LogP) is 1.58. The van der Waals surface area contributed by atoms with Crippen LogP contribution in [0.4, 0.5) is 0 Å². The van der Waals surface area contributed by atoms with Crippen LogP contribution in [-0.2, 0) is 9.53 Å². The molecule has 2 bridgehead atoms. The first-order chi connectivity index (χ1) is 8.29. The van der Waals surface area contributed by atoms with Crippen molar-refractivity contribution < 1.29 is 9.53 Å². The lowest BCUT2D eigenvalue weighted by Gasteiger charge is -2.24. The zero-order chi connectivity index (χ0) is 12.1. The van der Waals surface area contributed by atoms with Crippen LogP contribution >= 0.6 is 12.4 Å². The molecule has 0 aromatic carbocycles. The van der Waals surface area contributed by atoms with E-state index in [1.54, 1.807) is 7.11 Å². The van der Waals surface area contributed by atoms with Gasteiger partial charge in [-0.3, -0.25) is 4.79 Å². The molecule has 2 unspecified atom stereocenters. The van der Waals surface area contributed by atoms with Gasteiger partial charge in [-0.25, -0.2) is 0 Å². The molecule has 0 spiro atoms.